The van der Waals surface area contributed by atoms with Gasteiger partial charge in [-0.2, -0.15) is 13.2 Å². The van der Waals surface area contributed by atoms with E-state index >= 15 is 0 Å². The third-order valence-electron chi connectivity index (χ3n) is 5.01. The molecule has 1 heterocycles. The third-order valence-corrected chi connectivity index (χ3v) is 6.03. The van der Waals surface area contributed by atoms with Crippen molar-refractivity contribution in [2.24, 2.45) is 0 Å². The van der Waals surface area contributed by atoms with Crippen molar-refractivity contribution in [2.75, 3.05) is 17.6 Å². The lowest BCUT2D eigenvalue weighted by Gasteiger charge is -2.30. The Morgan fingerprint density at radius 3 is 2.47 bits per heavy atom. The van der Waals surface area contributed by atoms with Crippen molar-refractivity contribution >= 4 is 35.2 Å². The first-order valence-electron chi connectivity index (χ1n) is 10.6. The van der Waals surface area contributed by atoms with E-state index in [1.54, 1.807) is 0 Å². The first-order valence-corrected chi connectivity index (χ1v) is 11.7. The highest BCUT2D eigenvalue weighted by molar-refractivity contribution is 8.00. The van der Waals surface area contributed by atoms with Gasteiger partial charge in [-0.3, -0.25) is 19.7 Å². The van der Waals surface area contributed by atoms with Crippen LogP contribution in [0.25, 0.3) is 0 Å². The molecule has 0 bridgehead atoms. The van der Waals surface area contributed by atoms with Gasteiger partial charge in [-0.05, 0) is 24.1 Å². The number of nitrogens with one attached hydrogen (secondary N) is 4. The molecule has 0 spiro atoms. The zero-order valence-corrected chi connectivity index (χ0v) is 19.0. The monoisotopic (exact) mass is 494 g/mol. The van der Waals surface area contributed by atoms with Crippen molar-refractivity contribution in [3.63, 3.8) is 0 Å². The molecule has 2 aromatic rings. The lowest BCUT2D eigenvalue weighted by molar-refractivity contribution is -0.137. The van der Waals surface area contributed by atoms with E-state index in [1.807, 2.05) is 30.3 Å². The summed E-state index contributed by atoms with van der Waals surface area (Å²) in [5.74, 6) is -1.31. The molecule has 0 radical (unpaired) electrons. The summed E-state index contributed by atoms with van der Waals surface area (Å²) in [6, 6.07) is 14.0. The van der Waals surface area contributed by atoms with Crippen LogP contribution in [0.1, 0.15) is 24.0 Å². The number of thioether (sulfide) groups is 1. The van der Waals surface area contributed by atoms with E-state index in [0.29, 0.717) is 13.0 Å². The predicted molar refractivity (Wildman–Crippen MR) is 124 cm³/mol. The molecule has 2 atom stereocenters. The van der Waals surface area contributed by atoms with Gasteiger partial charge in [-0.15, -0.1) is 11.8 Å². The molecule has 7 nitrogen and oxygen atoms in total. The summed E-state index contributed by atoms with van der Waals surface area (Å²) in [5, 5.41) is 10.8. The summed E-state index contributed by atoms with van der Waals surface area (Å²) in [6.45, 7) is 0.472. The van der Waals surface area contributed by atoms with Gasteiger partial charge >= 0.3 is 6.18 Å². The van der Waals surface area contributed by atoms with Gasteiger partial charge in [0.15, 0.2) is 0 Å². The average molecular weight is 495 g/mol. The molecule has 0 aromatic heterocycles. The Balaban J connectivity index is 1.44. The Bertz CT molecular complexity index is 1000. The van der Waals surface area contributed by atoms with E-state index in [2.05, 4.69) is 21.3 Å². The summed E-state index contributed by atoms with van der Waals surface area (Å²) in [6.07, 6.45) is -3.71. The second-order valence-corrected chi connectivity index (χ2v) is 8.80. The van der Waals surface area contributed by atoms with Crippen LogP contribution in [-0.2, 0) is 27.0 Å². The van der Waals surface area contributed by atoms with Gasteiger partial charge in [0.25, 0.3) is 0 Å². The van der Waals surface area contributed by atoms with Crippen LogP contribution in [0, 0.1) is 0 Å². The number of carbonyl (C=O) groups is 3. The highest BCUT2D eigenvalue weighted by Gasteiger charge is 2.34. The number of amides is 3. The number of hydrogen-bond acceptors (Lipinski definition) is 5. The highest BCUT2D eigenvalue weighted by atomic mass is 32.2. The number of para-hydroxylation sites is 1. The second-order valence-electron chi connectivity index (χ2n) is 7.71. The van der Waals surface area contributed by atoms with Gasteiger partial charge in [0.2, 0.25) is 17.7 Å². The van der Waals surface area contributed by atoms with Crippen LogP contribution >= 0.6 is 11.8 Å². The molecule has 182 valence electrons. The van der Waals surface area contributed by atoms with E-state index in [-0.39, 0.29) is 36.1 Å². The van der Waals surface area contributed by atoms with E-state index < -0.39 is 29.2 Å². The fourth-order valence-electron chi connectivity index (χ4n) is 3.44. The Morgan fingerprint density at radius 2 is 1.74 bits per heavy atom. The van der Waals surface area contributed by atoms with Gasteiger partial charge in [0.05, 0.1) is 17.0 Å². The number of hydrogen-bond donors (Lipinski definition) is 4. The van der Waals surface area contributed by atoms with Gasteiger partial charge in [0.1, 0.15) is 5.50 Å². The minimum absolute atomic E-state index is 0.0877. The number of rotatable bonds is 9. The minimum atomic E-state index is -4.59. The van der Waals surface area contributed by atoms with Crippen LogP contribution in [0.15, 0.2) is 54.6 Å². The number of alkyl halides is 3. The molecule has 3 amide bonds. The number of carbonyl (C=O) groups excluding carboxylic acids is 3. The molecule has 2 unspecified atom stereocenters. The number of halogens is 3. The van der Waals surface area contributed by atoms with Crippen LogP contribution in [0.2, 0.25) is 0 Å². The molecule has 1 saturated heterocycles. The smallest absolute Gasteiger partial charge is 0.356 e. The lowest BCUT2D eigenvalue weighted by atomic mass is 10.1. The Labute approximate surface area is 199 Å². The van der Waals surface area contributed by atoms with Gasteiger partial charge in [-0.1, -0.05) is 42.5 Å². The van der Waals surface area contributed by atoms with Crippen molar-refractivity contribution in [2.45, 2.75) is 37.0 Å². The van der Waals surface area contributed by atoms with Crippen molar-refractivity contribution < 1.29 is 27.6 Å². The molecular weight excluding hydrogens is 469 g/mol. The molecule has 1 fully saturated rings. The zero-order valence-electron chi connectivity index (χ0n) is 18.2. The van der Waals surface area contributed by atoms with E-state index in [4.69, 9.17) is 0 Å². The molecule has 1 aliphatic rings. The Kier molecular flexibility index (Phi) is 8.94. The molecule has 0 aliphatic carbocycles. The normalized spacial score (nSPS) is 18.1. The van der Waals surface area contributed by atoms with Gasteiger partial charge in [0, 0.05) is 25.4 Å². The first kappa shape index (κ1) is 25.6. The van der Waals surface area contributed by atoms with Crippen molar-refractivity contribution in [1.29, 1.82) is 0 Å². The molecule has 11 heteroatoms. The van der Waals surface area contributed by atoms with E-state index in [9.17, 15) is 27.6 Å². The average Bonchev–Trinajstić information content (AvgIpc) is 2.78. The maximum Gasteiger partial charge on any atom is 0.418 e. The quantitative estimate of drug-likeness (QED) is 0.430. The maximum absolute atomic E-state index is 13.1. The molecule has 3 rings (SSSR count). The van der Waals surface area contributed by atoms with Crippen molar-refractivity contribution in [3.05, 3.63) is 65.7 Å². The SMILES string of the molecule is O=C(CC1CC(=O)NC(SCC(=O)Nc2ccccc2C(F)(F)F)N1)NCCc1ccccc1. The van der Waals surface area contributed by atoms with Crippen LogP contribution in [0.4, 0.5) is 18.9 Å². The molecule has 1 aliphatic heterocycles. The molecule has 2 aromatic carbocycles. The standard InChI is InChI=1S/C23H25F3N4O3S/c24-23(25,26)17-8-4-5-9-18(17)29-21(33)14-34-22-28-16(13-20(32)30-22)12-19(31)27-11-10-15-6-2-1-3-7-15/h1-9,16,22,28H,10-14H2,(H,27,31)(H,29,33)(H,30,32). The Hall–Kier alpha value is -3.05. The largest absolute Gasteiger partial charge is 0.418 e. The Morgan fingerprint density at radius 1 is 1.03 bits per heavy atom. The second kappa shape index (κ2) is 11.9. The summed E-state index contributed by atoms with van der Waals surface area (Å²) in [5.41, 5.74) is -0.806. The summed E-state index contributed by atoms with van der Waals surface area (Å²) in [4.78, 5) is 36.5. The molecule has 34 heavy (non-hydrogen) atoms. The van der Waals surface area contributed by atoms with Crippen molar-refractivity contribution in [1.82, 2.24) is 16.0 Å². The van der Waals surface area contributed by atoms with Crippen LogP contribution < -0.4 is 21.3 Å². The predicted octanol–water partition coefficient (Wildman–Crippen LogP) is 2.89. The van der Waals surface area contributed by atoms with Crippen LogP contribution in [0.5, 0.6) is 0 Å². The van der Waals surface area contributed by atoms with Crippen LogP contribution in [0.3, 0.4) is 0 Å². The fourth-order valence-corrected chi connectivity index (χ4v) is 4.33. The summed E-state index contributed by atoms with van der Waals surface area (Å²) < 4.78 is 39.2. The zero-order chi connectivity index (χ0) is 24.6. The summed E-state index contributed by atoms with van der Waals surface area (Å²) in [7, 11) is 0. The fraction of sp³-hybridized carbons (Fsp3) is 0.348. The van der Waals surface area contributed by atoms with Gasteiger partial charge < -0.3 is 16.0 Å². The lowest BCUT2D eigenvalue weighted by Crippen LogP contribution is -2.56. The van der Waals surface area contributed by atoms with Crippen LogP contribution in [-0.4, -0.2) is 41.6 Å². The van der Waals surface area contributed by atoms with E-state index in [0.717, 1.165) is 23.4 Å². The number of anilines is 1. The first-order chi connectivity index (χ1) is 16.2. The van der Waals surface area contributed by atoms with Crippen molar-refractivity contribution in [3.8, 4) is 0 Å². The minimum Gasteiger partial charge on any atom is -0.356 e. The third kappa shape index (κ3) is 8.07. The van der Waals surface area contributed by atoms with Gasteiger partial charge in [-0.25, -0.2) is 0 Å². The number of benzene rings is 2. The summed E-state index contributed by atoms with van der Waals surface area (Å²) >= 11 is 1.02. The highest BCUT2D eigenvalue weighted by Crippen LogP contribution is 2.34. The molecule has 4 N–H and O–H groups in total. The molecular formula is C23H25F3N4O3S. The topological polar surface area (TPSA) is 99.3 Å². The maximum atomic E-state index is 13.1. The molecule has 0 saturated carbocycles. The van der Waals surface area contributed by atoms with E-state index in [1.165, 1.54) is 18.2 Å².